The summed E-state index contributed by atoms with van der Waals surface area (Å²) in [7, 11) is 1.39. The van der Waals surface area contributed by atoms with Crippen LogP contribution in [0.1, 0.15) is 27.4 Å². The van der Waals surface area contributed by atoms with Gasteiger partial charge in [0.1, 0.15) is 0 Å². The van der Waals surface area contributed by atoms with Crippen LogP contribution in [0.15, 0.2) is 24.3 Å². The van der Waals surface area contributed by atoms with E-state index >= 15 is 0 Å². The predicted octanol–water partition coefficient (Wildman–Crippen LogP) is 2.17. The normalized spacial score (nSPS) is 15.7. The summed E-state index contributed by atoms with van der Waals surface area (Å²) < 4.78 is 5.48. The molecule has 0 aromatic heterocycles. The summed E-state index contributed by atoms with van der Waals surface area (Å²) in [6.45, 7) is 1.41. The van der Waals surface area contributed by atoms with E-state index in [9.17, 15) is 14.4 Å². The molecular formula is C15H18N2O4S2. The second kappa shape index (κ2) is 8.26. The lowest BCUT2D eigenvalue weighted by atomic mass is 10.1. The maximum Gasteiger partial charge on any atom is 0.338 e. The summed E-state index contributed by atoms with van der Waals surface area (Å²) in [4.78, 5) is 34.7. The Morgan fingerprint density at radius 1 is 1.17 bits per heavy atom. The molecule has 1 saturated heterocycles. The Hall–Kier alpha value is -1.67. The van der Waals surface area contributed by atoms with Crippen LogP contribution in [0, 0.1) is 0 Å². The standard InChI is InChI=1S/C15H18N2O4S2/c1-9(12(18)17-15(20)16-2)21-13(19)10-3-5-11(6-4-10)14-22-7-8-23-14/h3-6,9,14H,7-8H2,1-2H3,(H2,16,17,18,20). The molecule has 1 atom stereocenters. The first-order chi connectivity index (χ1) is 11.0. The zero-order chi connectivity index (χ0) is 16.8. The highest BCUT2D eigenvalue weighted by Crippen LogP contribution is 2.45. The van der Waals surface area contributed by atoms with Crippen LogP contribution >= 0.6 is 23.5 Å². The number of imide groups is 1. The van der Waals surface area contributed by atoms with Crippen LogP contribution in [0.2, 0.25) is 0 Å². The first kappa shape index (κ1) is 17.7. The third-order valence-electron chi connectivity index (χ3n) is 3.16. The molecule has 2 rings (SSSR count). The SMILES string of the molecule is CNC(=O)NC(=O)C(C)OC(=O)c1ccc(C2SCCS2)cc1. The van der Waals surface area contributed by atoms with Gasteiger partial charge in [0.25, 0.3) is 5.91 Å². The largest absolute Gasteiger partial charge is 0.449 e. The van der Waals surface area contributed by atoms with Gasteiger partial charge in [0.05, 0.1) is 10.1 Å². The van der Waals surface area contributed by atoms with Gasteiger partial charge in [0.15, 0.2) is 6.10 Å². The van der Waals surface area contributed by atoms with Crippen molar-refractivity contribution in [2.24, 2.45) is 0 Å². The number of amides is 3. The fourth-order valence-electron chi connectivity index (χ4n) is 1.89. The smallest absolute Gasteiger partial charge is 0.338 e. The zero-order valence-corrected chi connectivity index (χ0v) is 14.5. The molecule has 1 fully saturated rings. The van der Waals surface area contributed by atoms with Crippen molar-refractivity contribution in [3.05, 3.63) is 35.4 Å². The monoisotopic (exact) mass is 354 g/mol. The van der Waals surface area contributed by atoms with E-state index in [2.05, 4.69) is 10.6 Å². The van der Waals surface area contributed by atoms with Crippen molar-refractivity contribution in [1.29, 1.82) is 0 Å². The van der Waals surface area contributed by atoms with E-state index in [1.165, 1.54) is 19.5 Å². The molecular weight excluding hydrogens is 336 g/mol. The molecule has 1 aromatic carbocycles. The molecule has 0 aliphatic carbocycles. The van der Waals surface area contributed by atoms with Gasteiger partial charge < -0.3 is 10.1 Å². The number of urea groups is 1. The van der Waals surface area contributed by atoms with Crippen LogP contribution in [0.4, 0.5) is 4.79 Å². The molecule has 0 spiro atoms. The van der Waals surface area contributed by atoms with Crippen molar-refractivity contribution in [1.82, 2.24) is 10.6 Å². The van der Waals surface area contributed by atoms with Crippen molar-refractivity contribution in [2.45, 2.75) is 17.6 Å². The molecule has 0 saturated carbocycles. The Balaban J connectivity index is 1.92. The van der Waals surface area contributed by atoms with Gasteiger partial charge in [0.2, 0.25) is 0 Å². The van der Waals surface area contributed by atoms with E-state index in [1.807, 2.05) is 35.7 Å². The summed E-state index contributed by atoms with van der Waals surface area (Å²) in [6, 6.07) is 6.55. The van der Waals surface area contributed by atoms with Gasteiger partial charge in [-0.1, -0.05) is 12.1 Å². The summed E-state index contributed by atoms with van der Waals surface area (Å²) >= 11 is 3.78. The highest BCUT2D eigenvalue weighted by Gasteiger charge is 2.22. The van der Waals surface area contributed by atoms with Crippen LogP contribution in [0.3, 0.4) is 0 Å². The van der Waals surface area contributed by atoms with Crippen molar-refractivity contribution in [2.75, 3.05) is 18.6 Å². The quantitative estimate of drug-likeness (QED) is 0.806. The van der Waals surface area contributed by atoms with Crippen molar-refractivity contribution < 1.29 is 19.1 Å². The molecule has 8 heteroatoms. The van der Waals surface area contributed by atoms with Crippen LogP contribution < -0.4 is 10.6 Å². The predicted molar refractivity (Wildman–Crippen MR) is 91.6 cm³/mol. The van der Waals surface area contributed by atoms with E-state index in [0.717, 1.165) is 11.5 Å². The van der Waals surface area contributed by atoms with Crippen LogP contribution in [0.5, 0.6) is 0 Å². The van der Waals surface area contributed by atoms with Crippen molar-refractivity contribution in [3.8, 4) is 0 Å². The van der Waals surface area contributed by atoms with Gasteiger partial charge in [-0.2, -0.15) is 0 Å². The van der Waals surface area contributed by atoms with E-state index in [1.54, 1.807) is 12.1 Å². The summed E-state index contributed by atoms with van der Waals surface area (Å²) in [6.07, 6.45) is -1.06. The molecule has 124 valence electrons. The highest BCUT2D eigenvalue weighted by molar-refractivity contribution is 8.19. The molecule has 3 amide bonds. The molecule has 23 heavy (non-hydrogen) atoms. The topological polar surface area (TPSA) is 84.5 Å². The van der Waals surface area contributed by atoms with Crippen molar-refractivity contribution in [3.63, 3.8) is 0 Å². The van der Waals surface area contributed by atoms with Gasteiger partial charge in [-0.05, 0) is 24.6 Å². The maximum absolute atomic E-state index is 12.0. The van der Waals surface area contributed by atoms with E-state index in [0.29, 0.717) is 10.1 Å². The zero-order valence-electron chi connectivity index (χ0n) is 12.8. The minimum Gasteiger partial charge on any atom is -0.449 e. The summed E-state index contributed by atoms with van der Waals surface area (Å²) in [5.74, 6) is 1.00. The Morgan fingerprint density at radius 3 is 2.35 bits per heavy atom. The summed E-state index contributed by atoms with van der Waals surface area (Å²) in [5.41, 5.74) is 1.54. The Bertz CT molecular complexity index is 586. The van der Waals surface area contributed by atoms with Crippen molar-refractivity contribution >= 4 is 41.4 Å². The minimum atomic E-state index is -1.06. The second-order valence-corrected chi connectivity index (χ2v) is 7.54. The van der Waals surface area contributed by atoms with E-state index in [4.69, 9.17) is 4.74 Å². The molecule has 1 heterocycles. The first-order valence-electron chi connectivity index (χ1n) is 7.08. The number of benzene rings is 1. The second-order valence-electron chi connectivity index (χ2n) is 4.81. The minimum absolute atomic E-state index is 0.376. The number of nitrogens with one attached hydrogen (secondary N) is 2. The maximum atomic E-state index is 12.0. The summed E-state index contributed by atoms with van der Waals surface area (Å²) in [5, 5.41) is 4.31. The third-order valence-corrected chi connectivity index (χ3v) is 6.26. The van der Waals surface area contributed by atoms with E-state index in [-0.39, 0.29) is 0 Å². The molecule has 6 nitrogen and oxygen atoms in total. The average molecular weight is 354 g/mol. The fourth-order valence-corrected chi connectivity index (χ4v) is 4.74. The van der Waals surface area contributed by atoms with Crippen LogP contribution in [-0.2, 0) is 9.53 Å². The molecule has 0 radical (unpaired) electrons. The number of hydrogen-bond acceptors (Lipinski definition) is 6. The molecule has 0 bridgehead atoms. The molecule has 2 N–H and O–H groups in total. The third kappa shape index (κ3) is 4.90. The highest BCUT2D eigenvalue weighted by atomic mass is 32.2. The first-order valence-corrected chi connectivity index (χ1v) is 9.17. The van der Waals surface area contributed by atoms with Crippen LogP contribution in [0.25, 0.3) is 0 Å². The number of carbonyl (C=O) groups excluding carboxylic acids is 3. The Labute approximate surface area is 143 Å². The molecule has 1 unspecified atom stereocenters. The number of ether oxygens (including phenoxy) is 1. The lowest BCUT2D eigenvalue weighted by molar-refractivity contribution is -0.127. The average Bonchev–Trinajstić information content (AvgIpc) is 3.09. The number of hydrogen-bond donors (Lipinski definition) is 2. The van der Waals surface area contributed by atoms with Gasteiger partial charge in [-0.15, -0.1) is 23.5 Å². The Morgan fingerprint density at radius 2 is 1.78 bits per heavy atom. The lowest BCUT2D eigenvalue weighted by Crippen LogP contribution is -2.43. The van der Waals surface area contributed by atoms with Gasteiger partial charge in [-0.3, -0.25) is 10.1 Å². The lowest BCUT2D eigenvalue weighted by Gasteiger charge is -2.13. The van der Waals surface area contributed by atoms with Crippen LogP contribution in [-0.4, -0.2) is 42.6 Å². The molecule has 1 aliphatic heterocycles. The number of thioether (sulfide) groups is 2. The van der Waals surface area contributed by atoms with E-state index < -0.39 is 24.0 Å². The van der Waals surface area contributed by atoms with Gasteiger partial charge in [-0.25, -0.2) is 9.59 Å². The molecule has 1 aromatic rings. The number of rotatable bonds is 4. The number of carbonyl (C=O) groups is 3. The fraction of sp³-hybridized carbons (Fsp3) is 0.400. The number of esters is 1. The Kier molecular flexibility index (Phi) is 6.35. The van der Waals surface area contributed by atoms with Gasteiger partial charge in [0, 0.05) is 18.6 Å². The molecule has 1 aliphatic rings. The van der Waals surface area contributed by atoms with Gasteiger partial charge >= 0.3 is 12.0 Å².